The minimum absolute atomic E-state index is 1.10. The van der Waals surface area contributed by atoms with Crippen molar-refractivity contribution in [2.75, 3.05) is 11.4 Å². The fraction of sp³-hybridized carbons (Fsp3) is 0.441. The Morgan fingerprint density at radius 3 is 2.37 bits per heavy atom. The third-order valence-corrected chi connectivity index (χ3v) is 9.48. The van der Waals surface area contributed by atoms with E-state index < -0.39 is 0 Å². The van der Waals surface area contributed by atoms with Gasteiger partial charge in [-0.05, 0) is 44.0 Å². The molecule has 1 aromatic heterocycles. The van der Waals surface area contributed by atoms with Gasteiger partial charge in [-0.2, -0.15) is 4.57 Å². The molecule has 0 unspecified atom stereocenters. The van der Waals surface area contributed by atoms with Gasteiger partial charge in [0.2, 0.25) is 5.52 Å². The summed E-state index contributed by atoms with van der Waals surface area (Å²) in [5.74, 6) is 0. The Balaban J connectivity index is 1.46. The van der Waals surface area contributed by atoms with E-state index in [0.29, 0.717) is 0 Å². The number of fused-ring (bicyclic) bond motifs is 2. The second kappa shape index (κ2) is 15.3. The first-order valence-electron chi connectivity index (χ1n) is 14.7. The summed E-state index contributed by atoms with van der Waals surface area (Å²) in [6.45, 7) is 8.99. The van der Waals surface area contributed by atoms with Gasteiger partial charge in [0.25, 0.3) is 5.01 Å². The van der Waals surface area contributed by atoms with Crippen LogP contribution in [-0.4, -0.2) is 6.54 Å². The lowest BCUT2D eigenvalue weighted by molar-refractivity contribution is -0.669. The highest BCUT2D eigenvalue weighted by Gasteiger charge is 2.23. The van der Waals surface area contributed by atoms with Crippen molar-refractivity contribution in [2.24, 2.45) is 0 Å². The molecule has 1 aliphatic rings. The Kier molecular flexibility index (Phi) is 11.6. The van der Waals surface area contributed by atoms with Gasteiger partial charge in [-0.25, -0.2) is 0 Å². The number of thiazole rings is 1. The molecular weight excluding hydrogens is 501 g/mol. The van der Waals surface area contributed by atoms with Crippen LogP contribution in [0.5, 0.6) is 0 Å². The number of allylic oxidation sites excluding steroid dienone is 4. The monoisotopic (exact) mass is 545 g/mol. The lowest BCUT2D eigenvalue weighted by Gasteiger charge is -2.20. The Labute approximate surface area is 239 Å². The smallest absolute Gasteiger partial charge is 0.262 e. The maximum atomic E-state index is 2.53. The first-order chi connectivity index (χ1) is 18.7. The van der Waals surface area contributed by atoms with Gasteiger partial charge in [0.15, 0.2) is 6.54 Å². The number of unbranched alkanes of at least 4 members (excludes halogenated alkanes) is 8. The second-order valence-electron chi connectivity index (χ2n) is 10.4. The summed E-state index contributed by atoms with van der Waals surface area (Å²) in [4.78, 5) is 3.90. The molecular formula is C34H45N2S2+. The van der Waals surface area contributed by atoms with Crippen molar-refractivity contribution < 1.29 is 4.57 Å². The Morgan fingerprint density at radius 2 is 1.55 bits per heavy atom. The highest BCUT2D eigenvalue weighted by Crippen LogP contribution is 2.45. The van der Waals surface area contributed by atoms with E-state index in [1.807, 2.05) is 23.1 Å². The third kappa shape index (κ3) is 7.86. The van der Waals surface area contributed by atoms with Gasteiger partial charge in [-0.3, -0.25) is 0 Å². The number of aryl methyl sites for hydroxylation is 1. The Bertz CT molecular complexity index is 1250. The van der Waals surface area contributed by atoms with E-state index in [1.54, 1.807) is 0 Å². The second-order valence-corrected chi connectivity index (χ2v) is 12.5. The SMILES string of the molecule is CCCCCCCN1\C(=C/C=C(C)/C=C/c2sc3ccccc3[n+]2CCCCCCC)Sc2ccccc21. The van der Waals surface area contributed by atoms with Crippen molar-refractivity contribution in [1.29, 1.82) is 0 Å². The van der Waals surface area contributed by atoms with Crippen molar-refractivity contribution in [3.8, 4) is 0 Å². The van der Waals surface area contributed by atoms with E-state index >= 15 is 0 Å². The molecule has 0 saturated carbocycles. The molecule has 0 N–H and O–H groups in total. The van der Waals surface area contributed by atoms with Crippen molar-refractivity contribution in [2.45, 2.75) is 96.4 Å². The van der Waals surface area contributed by atoms with Crippen LogP contribution in [0.1, 0.15) is 90.0 Å². The first-order valence-corrected chi connectivity index (χ1v) is 16.4. The summed E-state index contributed by atoms with van der Waals surface area (Å²) in [6, 6.07) is 17.7. The van der Waals surface area contributed by atoms with E-state index in [0.717, 1.165) is 13.1 Å². The van der Waals surface area contributed by atoms with Crippen LogP contribution in [0.25, 0.3) is 16.3 Å². The average Bonchev–Trinajstić information content (AvgIpc) is 3.48. The minimum Gasteiger partial charge on any atom is -0.335 e. The summed E-state index contributed by atoms with van der Waals surface area (Å²) >= 11 is 3.81. The highest BCUT2D eigenvalue weighted by atomic mass is 32.2. The summed E-state index contributed by atoms with van der Waals surface area (Å²) < 4.78 is 3.90. The van der Waals surface area contributed by atoms with Gasteiger partial charge >= 0.3 is 0 Å². The van der Waals surface area contributed by atoms with Gasteiger partial charge < -0.3 is 4.90 Å². The van der Waals surface area contributed by atoms with Crippen LogP contribution >= 0.6 is 23.1 Å². The molecule has 4 heteroatoms. The standard InChI is InChI=1S/C34H45N2S2/c1-4-6-8-10-16-26-35-29-18-12-14-20-31(29)37-33(35)24-22-28(3)23-25-34-36(27-17-11-9-7-5-2)30-19-13-15-21-32(30)38-34/h12-15,18-25H,4-11,16-17,26-27H2,1-3H3/q+1. The molecule has 2 aromatic carbocycles. The molecule has 0 fully saturated rings. The molecule has 1 aliphatic heterocycles. The van der Waals surface area contributed by atoms with Crippen molar-refractivity contribution in [3.05, 3.63) is 82.4 Å². The zero-order chi connectivity index (χ0) is 26.6. The maximum absolute atomic E-state index is 2.53. The molecule has 0 aliphatic carbocycles. The van der Waals surface area contributed by atoms with Crippen LogP contribution in [0.15, 0.2) is 82.3 Å². The number of rotatable bonds is 15. The minimum atomic E-state index is 1.10. The summed E-state index contributed by atoms with van der Waals surface area (Å²) in [7, 11) is 0. The number of anilines is 1. The highest BCUT2D eigenvalue weighted by molar-refractivity contribution is 8.03. The fourth-order valence-electron chi connectivity index (χ4n) is 5.02. The zero-order valence-electron chi connectivity index (χ0n) is 23.6. The van der Waals surface area contributed by atoms with Crippen LogP contribution in [0.2, 0.25) is 0 Å². The molecule has 4 rings (SSSR count). The predicted molar refractivity (Wildman–Crippen MR) is 170 cm³/mol. The Hall–Kier alpha value is -2.30. The van der Waals surface area contributed by atoms with E-state index in [2.05, 4.69) is 103 Å². The lowest BCUT2D eigenvalue weighted by Crippen LogP contribution is -2.35. The molecule has 0 spiro atoms. The van der Waals surface area contributed by atoms with E-state index in [4.69, 9.17) is 0 Å². The topological polar surface area (TPSA) is 7.12 Å². The number of hydrogen-bond acceptors (Lipinski definition) is 3. The van der Waals surface area contributed by atoms with E-state index in [-0.39, 0.29) is 0 Å². The molecule has 3 aromatic rings. The van der Waals surface area contributed by atoms with Crippen molar-refractivity contribution >= 4 is 45.1 Å². The normalized spacial score (nSPS) is 14.9. The average molecular weight is 546 g/mol. The van der Waals surface area contributed by atoms with Gasteiger partial charge in [0, 0.05) is 30.0 Å². The molecule has 0 bridgehead atoms. The molecule has 0 saturated heterocycles. The summed E-state index contributed by atoms with van der Waals surface area (Å²) in [5.41, 5.74) is 4.01. The number of thioether (sulfide) groups is 1. The van der Waals surface area contributed by atoms with Crippen LogP contribution in [-0.2, 0) is 6.54 Å². The van der Waals surface area contributed by atoms with Gasteiger partial charge in [-0.1, -0.05) is 124 Å². The van der Waals surface area contributed by atoms with Crippen LogP contribution < -0.4 is 9.47 Å². The van der Waals surface area contributed by atoms with E-state index in [9.17, 15) is 0 Å². The number of nitrogens with zero attached hydrogens (tertiary/aromatic N) is 2. The Morgan fingerprint density at radius 1 is 0.842 bits per heavy atom. The number of benzene rings is 2. The lowest BCUT2D eigenvalue weighted by atomic mass is 10.1. The van der Waals surface area contributed by atoms with Crippen LogP contribution in [0, 0.1) is 0 Å². The zero-order valence-corrected chi connectivity index (χ0v) is 25.3. The molecule has 2 heterocycles. The van der Waals surface area contributed by atoms with Crippen LogP contribution in [0.4, 0.5) is 5.69 Å². The first kappa shape index (κ1) is 28.7. The molecule has 0 atom stereocenters. The fourth-order valence-corrected chi connectivity index (χ4v) is 7.20. The number of hydrogen-bond donors (Lipinski definition) is 0. The molecule has 0 amide bonds. The maximum Gasteiger partial charge on any atom is 0.262 e. The van der Waals surface area contributed by atoms with Gasteiger partial charge in [0.05, 0.1) is 10.7 Å². The van der Waals surface area contributed by atoms with Gasteiger partial charge in [0.1, 0.15) is 4.70 Å². The molecule has 2 nitrogen and oxygen atoms in total. The third-order valence-electron chi connectivity index (χ3n) is 7.22. The molecule has 202 valence electrons. The van der Waals surface area contributed by atoms with E-state index in [1.165, 1.54) is 101 Å². The predicted octanol–water partition coefficient (Wildman–Crippen LogP) is 10.5. The quantitative estimate of drug-likeness (QED) is 0.106. The molecule has 38 heavy (non-hydrogen) atoms. The van der Waals surface area contributed by atoms with Crippen LogP contribution in [0.3, 0.4) is 0 Å². The summed E-state index contributed by atoms with van der Waals surface area (Å²) in [6.07, 6.45) is 22.3. The largest absolute Gasteiger partial charge is 0.335 e. The summed E-state index contributed by atoms with van der Waals surface area (Å²) in [5, 5.41) is 2.69. The van der Waals surface area contributed by atoms with Gasteiger partial charge in [-0.15, -0.1) is 0 Å². The molecule has 0 radical (unpaired) electrons. The number of para-hydroxylation sites is 2. The number of aromatic nitrogens is 1. The van der Waals surface area contributed by atoms with Crippen molar-refractivity contribution in [1.82, 2.24) is 0 Å². The van der Waals surface area contributed by atoms with Crippen molar-refractivity contribution in [3.63, 3.8) is 0 Å².